The molecular formula is C14H20O2. The third kappa shape index (κ3) is 2.56. The van der Waals surface area contributed by atoms with Gasteiger partial charge in [0.15, 0.2) is 0 Å². The molecule has 1 N–H and O–H groups in total. The van der Waals surface area contributed by atoms with Crippen molar-refractivity contribution >= 4 is 0 Å². The van der Waals surface area contributed by atoms with Gasteiger partial charge < -0.3 is 9.84 Å². The topological polar surface area (TPSA) is 29.5 Å². The summed E-state index contributed by atoms with van der Waals surface area (Å²) in [5.74, 6) is 1.32. The smallest absolute Gasteiger partial charge is 0.122 e. The maximum atomic E-state index is 10.2. The zero-order valence-corrected chi connectivity index (χ0v) is 10.3. The van der Waals surface area contributed by atoms with Crippen molar-refractivity contribution in [1.29, 1.82) is 0 Å². The van der Waals surface area contributed by atoms with Gasteiger partial charge in [-0.15, -0.1) is 0 Å². The molecule has 1 fully saturated rings. The van der Waals surface area contributed by atoms with E-state index in [1.54, 1.807) is 0 Å². The quantitative estimate of drug-likeness (QED) is 0.845. The minimum absolute atomic E-state index is 0.391. The normalized spacial score (nSPS) is 19.2. The van der Waals surface area contributed by atoms with E-state index in [1.807, 2.05) is 26.8 Å². The second-order valence-electron chi connectivity index (χ2n) is 5.19. The SMILES string of the molecule is Cc1ccc(C)c(OCC(C)(O)C2CC2)c1. The van der Waals surface area contributed by atoms with E-state index in [9.17, 15) is 5.11 Å². The first kappa shape index (κ1) is 11.5. The lowest BCUT2D eigenvalue weighted by molar-refractivity contribution is -0.00782. The van der Waals surface area contributed by atoms with Gasteiger partial charge in [0, 0.05) is 0 Å². The Labute approximate surface area is 97.3 Å². The second-order valence-corrected chi connectivity index (χ2v) is 5.19. The Balaban J connectivity index is 2.01. The van der Waals surface area contributed by atoms with Crippen molar-refractivity contribution in [1.82, 2.24) is 0 Å². The Hall–Kier alpha value is -1.02. The van der Waals surface area contributed by atoms with Gasteiger partial charge in [0.2, 0.25) is 0 Å². The predicted molar refractivity (Wildman–Crippen MR) is 64.8 cm³/mol. The van der Waals surface area contributed by atoms with E-state index in [2.05, 4.69) is 12.1 Å². The molecule has 1 aromatic rings. The number of aryl methyl sites for hydroxylation is 2. The van der Waals surface area contributed by atoms with Crippen LogP contribution < -0.4 is 4.74 Å². The van der Waals surface area contributed by atoms with E-state index in [0.717, 1.165) is 24.2 Å². The van der Waals surface area contributed by atoms with Crippen LogP contribution in [0.25, 0.3) is 0 Å². The van der Waals surface area contributed by atoms with E-state index in [-0.39, 0.29) is 0 Å². The lowest BCUT2D eigenvalue weighted by atomic mass is 10.0. The molecule has 2 heteroatoms. The number of hydrogen-bond acceptors (Lipinski definition) is 2. The molecule has 0 aromatic heterocycles. The van der Waals surface area contributed by atoms with E-state index < -0.39 is 5.60 Å². The van der Waals surface area contributed by atoms with Crippen LogP contribution in [0.2, 0.25) is 0 Å². The first-order chi connectivity index (χ1) is 7.49. The lowest BCUT2D eigenvalue weighted by Gasteiger charge is -2.23. The molecule has 2 nitrogen and oxygen atoms in total. The van der Waals surface area contributed by atoms with Crippen molar-refractivity contribution in [3.8, 4) is 5.75 Å². The average molecular weight is 220 g/mol. The van der Waals surface area contributed by atoms with Crippen LogP contribution in [0, 0.1) is 19.8 Å². The molecule has 2 rings (SSSR count). The summed E-state index contributed by atoms with van der Waals surface area (Å²) in [4.78, 5) is 0. The number of benzene rings is 1. The van der Waals surface area contributed by atoms with E-state index in [0.29, 0.717) is 12.5 Å². The Morgan fingerprint density at radius 2 is 2.06 bits per heavy atom. The molecule has 0 heterocycles. The van der Waals surface area contributed by atoms with Crippen molar-refractivity contribution in [2.45, 2.75) is 39.2 Å². The molecule has 0 aliphatic heterocycles. The first-order valence-electron chi connectivity index (χ1n) is 5.91. The molecule has 1 saturated carbocycles. The second kappa shape index (κ2) is 4.10. The Bertz CT molecular complexity index is 378. The monoisotopic (exact) mass is 220 g/mol. The largest absolute Gasteiger partial charge is 0.490 e. The summed E-state index contributed by atoms with van der Waals surface area (Å²) in [5.41, 5.74) is 1.64. The molecule has 1 aromatic carbocycles. The van der Waals surface area contributed by atoms with Crippen molar-refractivity contribution in [2.75, 3.05) is 6.61 Å². The molecule has 0 radical (unpaired) electrons. The molecular weight excluding hydrogens is 200 g/mol. The van der Waals surface area contributed by atoms with E-state index in [1.165, 1.54) is 5.56 Å². The van der Waals surface area contributed by atoms with Crippen LogP contribution >= 0.6 is 0 Å². The van der Waals surface area contributed by atoms with Gasteiger partial charge in [-0.25, -0.2) is 0 Å². The maximum Gasteiger partial charge on any atom is 0.122 e. The van der Waals surface area contributed by atoms with Gasteiger partial charge >= 0.3 is 0 Å². The highest BCUT2D eigenvalue weighted by molar-refractivity contribution is 5.36. The fourth-order valence-corrected chi connectivity index (χ4v) is 1.91. The average Bonchev–Trinajstić information content (AvgIpc) is 3.03. The first-order valence-corrected chi connectivity index (χ1v) is 5.91. The third-order valence-electron chi connectivity index (χ3n) is 3.32. The van der Waals surface area contributed by atoms with E-state index in [4.69, 9.17) is 4.74 Å². The van der Waals surface area contributed by atoms with Crippen LogP contribution in [0.5, 0.6) is 5.75 Å². The van der Waals surface area contributed by atoms with Gasteiger partial charge in [-0.2, -0.15) is 0 Å². The molecule has 1 aliphatic carbocycles. The van der Waals surface area contributed by atoms with Crippen molar-refractivity contribution in [3.05, 3.63) is 29.3 Å². The molecule has 0 spiro atoms. The van der Waals surface area contributed by atoms with Gasteiger partial charge in [0.05, 0.1) is 5.60 Å². The van der Waals surface area contributed by atoms with Crippen LogP contribution in [0.15, 0.2) is 18.2 Å². The summed E-state index contributed by atoms with van der Waals surface area (Å²) in [6, 6.07) is 6.15. The van der Waals surface area contributed by atoms with Crippen LogP contribution in [0.3, 0.4) is 0 Å². The van der Waals surface area contributed by atoms with E-state index >= 15 is 0 Å². The Morgan fingerprint density at radius 1 is 1.38 bits per heavy atom. The fourth-order valence-electron chi connectivity index (χ4n) is 1.91. The number of rotatable bonds is 4. The summed E-state index contributed by atoms with van der Waals surface area (Å²) in [7, 11) is 0. The standard InChI is InChI=1S/C14H20O2/c1-10-4-5-11(2)13(8-10)16-9-14(3,15)12-6-7-12/h4-5,8,12,15H,6-7,9H2,1-3H3. The molecule has 0 saturated heterocycles. The van der Waals surface area contributed by atoms with Gasteiger partial charge in [-0.05, 0) is 56.7 Å². The third-order valence-corrected chi connectivity index (χ3v) is 3.32. The molecule has 16 heavy (non-hydrogen) atoms. The van der Waals surface area contributed by atoms with Gasteiger partial charge in [0.25, 0.3) is 0 Å². The Kier molecular flexibility index (Phi) is 2.94. The number of ether oxygens (including phenoxy) is 1. The van der Waals surface area contributed by atoms with Crippen LogP contribution in [0.1, 0.15) is 30.9 Å². The molecule has 1 unspecified atom stereocenters. The molecule has 88 valence electrons. The van der Waals surface area contributed by atoms with Gasteiger partial charge in [-0.1, -0.05) is 12.1 Å². The zero-order chi connectivity index (χ0) is 11.8. The fraction of sp³-hybridized carbons (Fsp3) is 0.571. The maximum absolute atomic E-state index is 10.2. The Morgan fingerprint density at radius 3 is 2.69 bits per heavy atom. The summed E-state index contributed by atoms with van der Waals surface area (Å²) in [6.07, 6.45) is 2.26. The van der Waals surface area contributed by atoms with Crippen LogP contribution in [-0.4, -0.2) is 17.3 Å². The minimum Gasteiger partial charge on any atom is -0.490 e. The highest BCUT2D eigenvalue weighted by Crippen LogP contribution is 2.39. The molecule has 0 bridgehead atoms. The molecule has 1 aliphatic rings. The highest BCUT2D eigenvalue weighted by Gasteiger charge is 2.40. The van der Waals surface area contributed by atoms with Crippen molar-refractivity contribution in [3.63, 3.8) is 0 Å². The van der Waals surface area contributed by atoms with Crippen LogP contribution in [-0.2, 0) is 0 Å². The van der Waals surface area contributed by atoms with Crippen molar-refractivity contribution in [2.24, 2.45) is 5.92 Å². The number of hydrogen-bond donors (Lipinski definition) is 1. The highest BCUT2D eigenvalue weighted by atomic mass is 16.5. The predicted octanol–water partition coefficient (Wildman–Crippen LogP) is 2.84. The molecule has 1 atom stereocenters. The summed E-state index contributed by atoms with van der Waals surface area (Å²) >= 11 is 0. The summed E-state index contributed by atoms with van der Waals surface area (Å²) in [5, 5.41) is 10.2. The lowest BCUT2D eigenvalue weighted by Crippen LogP contribution is -2.34. The summed E-state index contributed by atoms with van der Waals surface area (Å²) < 4.78 is 5.73. The van der Waals surface area contributed by atoms with Crippen LogP contribution in [0.4, 0.5) is 0 Å². The molecule has 0 amide bonds. The van der Waals surface area contributed by atoms with Gasteiger partial charge in [0.1, 0.15) is 12.4 Å². The van der Waals surface area contributed by atoms with Gasteiger partial charge in [-0.3, -0.25) is 0 Å². The van der Waals surface area contributed by atoms with Crippen molar-refractivity contribution < 1.29 is 9.84 Å². The number of aliphatic hydroxyl groups is 1. The summed E-state index contributed by atoms with van der Waals surface area (Å²) in [6.45, 7) is 6.34. The minimum atomic E-state index is -0.670. The zero-order valence-electron chi connectivity index (χ0n) is 10.3.